The highest BCUT2D eigenvalue weighted by molar-refractivity contribution is 7.80. The van der Waals surface area contributed by atoms with Crippen molar-refractivity contribution in [2.24, 2.45) is 5.73 Å². The van der Waals surface area contributed by atoms with Gasteiger partial charge in [0.05, 0.1) is 10.6 Å². The predicted octanol–water partition coefficient (Wildman–Crippen LogP) is 2.84. The van der Waals surface area contributed by atoms with Gasteiger partial charge in [0, 0.05) is 6.42 Å². The third kappa shape index (κ3) is 3.20. The van der Waals surface area contributed by atoms with E-state index in [1.807, 2.05) is 0 Å². The highest BCUT2D eigenvalue weighted by Crippen LogP contribution is 2.30. The van der Waals surface area contributed by atoms with E-state index in [-0.39, 0.29) is 4.99 Å². The van der Waals surface area contributed by atoms with Crippen molar-refractivity contribution in [3.8, 4) is 0 Å². The molecule has 0 saturated carbocycles. The van der Waals surface area contributed by atoms with Crippen molar-refractivity contribution < 1.29 is 13.2 Å². The molecule has 1 rings (SSSR count). The number of aryl methyl sites for hydroxylation is 1. The van der Waals surface area contributed by atoms with Crippen molar-refractivity contribution in [3.05, 3.63) is 34.9 Å². The molecular weight excluding hydrogens is 223 g/mol. The Balaban J connectivity index is 3.03. The summed E-state index contributed by atoms with van der Waals surface area (Å²) in [6, 6.07) is 3.56. The molecular formula is C10H10F3NS. The minimum Gasteiger partial charge on any atom is -0.393 e. The SMILES string of the molecule is Cc1cc(C(F)(F)F)ccc1CC(N)=S. The second kappa shape index (κ2) is 4.18. The third-order valence-electron chi connectivity index (χ3n) is 2.03. The van der Waals surface area contributed by atoms with Crippen molar-refractivity contribution in [2.75, 3.05) is 0 Å². The molecule has 0 aliphatic heterocycles. The fraction of sp³-hybridized carbons (Fsp3) is 0.300. The maximum atomic E-state index is 12.3. The van der Waals surface area contributed by atoms with Crippen LogP contribution in [-0.4, -0.2) is 4.99 Å². The number of hydrogen-bond donors (Lipinski definition) is 1. The molecule has 1 aromatic carbocycles. The fourth-order valence-corrected chi connectivity index (χ4v) is 1.41. The largest absolute Gasteiger partial charge is 0.416 e. The van der Waals surface area contributed by atoms with Gasteiger partial charge in [-0.1, -0.05) is 18.3 Å². The Morgan fingerprint density at radius 3 is 2.40 bits per heavy atom. The van der Waals surface area contributed by atoms with Crippen LogP contribution in [0.15, 0.2) is 18.2 Å². The van der Waals surface area contributed by atoms with Crippen LogP contribution in [0.1, 0.15) is 16.7 Å². The zero-order valence-electron chi connectivity index (χ0n) is 8.06. The average molecular weight is 233 g/mol. The van der Waals surface area contributed by atoms with Crippen LogP contribution in [0.5, 0.6) is 0 Å². The van der Waals surface area contributed by atoms with E-state index in [2.05, 4.69) is 0 Å². The molecule has 1 nitrogen and oxygen atoms in total. The number of nitrogens with two attached hydrogens (primary N) is 1. The second-order valence-electron chi connectivity index (χ2n) is 3.28. The summed E-state index contributed by atoms with van der Waals surface area (Å²) >= 11 is 4.70. The lowest BCUT2D eigenvalue weighted by atomic mass is 10.0. The number of halogens is 3. The summed E-state index contributed by atoms with van der Waals surface area (Å²) in [7, 11) is 0. The van der Waals surface area contributed by atoms with E-state index >= 15 is 0 Å². The van der Waals surface area contributed by atoms with E-state index in [9.17, 15) is 13.2 Å². The summed E-state index contributed by atoms with van der Waals surface area (Å²) in [6.45, 7) is 1.61. The van der Waals surface area contributed by atoms with Crippen LogP contribution in [0, 0.1) is 6.92 Å². The first-order valence-electron chi connectivity index (χ1n) is 4.25. The first-order chi connectivity index (χ1) is 6.80. The van der Waals surface area contributed by atoms with Crippen LogP contribution in [0.25, 0.3) is 0 Å². The van der Waals surface area contributed by atoms with Gasteiger partial charge in [-0.05, 0) is 30.2 Å². The highest BCUT2D eigenvalue weighted by Gasteiger charge is 2.30. The minimum absolute atomic E-state index is 0.276. The Bertz CT molecular complexity index is 385. The highest BCUT2D eigenvalue weighted by atomic mass is 32.1. The van der Waals surface area contributed by atoms with E-state index in [1.165, 1.54) is 6.07 Å². The minimum atomic E-state index is -4.30. The van der Waals surface area contributed by atoms with E-state index in [0.717, 1.165) is 17.7 Å². The Hall–Kier alpha value is -1.10. The zero-order chi connectivity index (χ0) is 11.6. The van der Waals surface area contributed by atoms with Gasteiger partial charge in [-0.3, -0.25) is 0 Å². The molecule has 0 unspecified atom stereocenters. The number of benzene rings is 1. The van der Waals surface area contributed by atoms with Crippen molar-refractivity contribution in [1.82, 2.24) is 0 Å². The second-order valence-corrected chi connectivity index (χ2v) is 3.81. The molecule has 0 aliphatic carbocycles. The number of rotatable bonds is 2. The molecule has 0 aliphatic rings. The van der Waals surface area contributed by atoms with Crippen molar-refractivity contribution in [1.29, 1.82) is 0 Å². The molecule has 0 spiro atoms. The molecule has 0 saturated heterocycles. The van der Waals surface area contributed by atoms with Crippen LogP contribution in [0.4, 0.5) is 13.2 Å². The molecule has 0 fully saturated rings. The van der Waals surface area contributed by atoms with Crippen LogP contribution < -0.4 is 5.73 Å². The van der Waals surface area contributed by atoms with E-state index < -0.39 is 11.7 Å². The van der Waals surface area contributed by atoms with Gasteiger partial charge in [-0.2, -0.15) is 13.2 Å². The monoisotopic (exact) mass is 233 g/mol. The Morgan fingerprint density at radius 1 is 1.40 bits per heavy atom. The lowest BCUT2D eigenvalue weighted by molar-refractivity contribution is -0.137. The van der Waals surface area contributed by atoms with Crippen LogP contribution >= 0.6 is 12.2 Å². The first-order valence-corrected chi connectivity index (χ1v) is 4.66. The molecule has 0 amide bonds. The van der Waals surface area contributed by atoms with Gasteiger partial charge < -0.3 is 5.73 Å². The number of alkyl halides is 3. The molecule has 15 heavy (non-hydrogen) atoms. The summed E-state index contributed by atoms with van der Waals surface area (Å²) in [5, 5.41) is 0. The summed E-state index contributed by atoms with van der Waals surface area (Å²) in [5.74, 6) is 0. The third-order valence-corrected chi connectivity index (χ3v) is 2.18. The van der Waals surface area contributed by atoms with Crippen molar-refractivity contribution in [3.63, 3.8) is 0 Å². The Morgan fingerprint density at radius 2 is 2.00 bits per heavy atom. The molecule has 82 valence electrons. The Labute approximate surface area is 91.1 Å². The first kappa shape index (κ1) is 12.0. The Kier molecular flexibility index (Phi) is 3.34. The fourth-order valence-electron chi connectivity index (χ4n) is 1.26. The summed E-state index contributed by atoms with van der Waals surface area (Å²) in [6.07, 6.45) is -3.97. The van der Waals surface area contributed by atoms with Gasteiger partial charge in [-0.15, -0.1) is 0 Å². The molecule has 0 atom stereocenters. The molecule has 0 heterocycles. The van der Waals surface area contributed by atoms with Crippen LogP contribution in [0.3, 0.4) is 0 Å². The summed E-state index contributed by atoms with van der Waals surface area (Å²) in [5.41, 5.74) is 5.97. The van der Waals surface area contributed by atoms with Gasteiger partial charge in [0.15, 0.2) is 0 Å². The van der Waals surface area contributed by atoms with Gasteiger partial charge in [0.2, 0.25) is 0 Å². The zero-order valence-corrected chi connectivity index (χ0v) is 8.88. The lowest BCUT2D eigenvalue weighted by Gasteiger charge is -2.10. The van der Waals surface area contributed by atoms with E-state index in [1.54, 1.807) is 6.92 Å². The van der Waals surface area contributed by atoms with E-state index in [0.29, 0.717) is 12.0 Å². The normalized spacial score (nSPS) is 11.5. The molecule has 1 aromatic rings. The summed E-state index contributed by atoms with van der Waals surface area (Å²) < 4.78 is 36.9. The number of thiocarbonyl (C=S) groups is 1. The quantitative estimate of drug-likeness (QED) is 0.795. The standard InChI is InChI=1S/C10H10F3NS/c1-6-4-8(10(11,12)13)3-2-7(6)5-9(14)15/h2-4H,5H2,1H3,(H2,14,15). The van der Waals surface area contributed by atoms with Crippen LogP contribution in [-0.2, 0) is 12.6 Å². The summed E-state index contributed by atoms with van der Waals surface area (Å²) in [4.78, 5) is 0.276. The van der Waals surface area contributed by atoms with Gasteiger partial charge in [-0.25, -0.2) is 0 Å². The number of hydrogen-bond acceptors (Lipinski definition) is 1. The topological polar surface area (TPSA) is 26.0 Å². The van der Waals surface area contributed by atoms with Crippen molar-refractivity contribution >= 4 is 17.2 Å². The average Bonchev–Trinajstić information content (AvgIpc) is 2.05. The molecule has 2 N–H and O–H groups in total. The maximum absolute atomic E-state index is 12.3. The maximum Gasteiger partial charge on any atom is 0.416 e. The van der Waals surface area contributed by atoms with E-state index in [4.69, 9.17) is 18.0 Å². The van der Waals surface area contributed by atoms with Gasteiger partial charge >= 0.3 is 6.18 Å². The smallest absolute Gasteiger partial charge is 0.393 e. The lowest BCUT2D eigenvalue weighted by Crippen LogP contribution is -2.13. The predicted molar refractivity (Wildman–Crippen MR) is 56.7 cm³/mol. The van der Waals surface area contributed by atoms with Crippen LogP contribution in [0.2, 0.25) is 0 Å². The molecule has 0 bridgehead atoms. The van der Waals surface area contributed by atoms with Crippen molar-refractivity contribution in [2.45, 2.75) is 19.5 Å². The van der Waals surface area contributed by atoms with Gasteiger partial charge in [0.25, 0.3) is 0 Å². The molecule has 0 radical (unpaired) electrons. The molecule has 0 aromatic heterocycles. The molecule has 5 heteroatoms. The van der Waals surface area contributed by atoms with Gasteiger partial charge in [0.1, 0.15) is 0 Å².